The van der Waals surface area contributed by atoms with E-state index in [1.54, 1.807) is 12.1 Å². The first-order chi connectivity index (χ1) is 9.43. The second kappa shape index (κ2) is 5.20. The van der Waals surface area contributed by atoms with Crippen LogP contribution in [0.15, 0.2) is 24.3 Å². The van der Waals surface area contributed by atoms with E-state index in [-0.39, 0.29) is 18.0 Å². The topological polar surface area (TPSA) is 122 Å². The lowest BCUT2D eigenvalue weighted by Gasteiger charge is -2.15. The molecule has 3 amide bonds. The first-order valence-corrected chi connectivity index (χ1v) is 6.11. The molecule has 0 aliphatic heterocycles. The summed E-state index contributed by atoms with van der Waals surface area (Å²) in [7, 11) is 0. The molecule has 0 unspecified atom stereocenters. The van der Waals surface area contributed by atoms with E-state index in [0.717, 1.165) is 5.56 Å². The van der Waals surface area contributed by atoms with Crippen molar-refractivity contribution < 1.29 is 19.5 Å². The van der Waals surface area contributed by atoms with Gasteiger partial charge in [-0.3, -0.25) is 4.79 Å². The van der Waals surface area contributed by atoms with Gasteiger partial charge < -0.3 is 21.5 Å². The number of carboxylic acid groups (broad SMARTS) is 1. The third kappa shape index (κ3) is 3.05. The van der Waals surface area contributed by atoms with Gasteiger partial charge in [0, 0.05) is 6.54 Å². The van der Waals surface area contributed by atoms with E-state index in [2.05, 4.69) is 10.6 Å². The second-order valence-corrected chi connectivity index (χ2v) is 4.76. The maximum absolute atomic E-state index is 11.9. The molecule has 1 aliphatic carbocycles. The summed E-state index contributed by atoms with van der Waals surface area (Å²) in [5, 5.41) is 13.9. The molecular formula is C13H15N3O4. The van der Waals surface area contributed by atoms with Gasteiger partial charge in [-0.1, -0.05) is 12.1 Å². The highest BCUT2D eigenvalue weighted by molar-refractivity contribution is 5.93. The number of rotatable bonds is 5. The van der Waals surface area contributed by atoms with Crippen molar-refractivity contribution in [3.05, 3.63) is 35.4 Å². The molecule has 1 aromatic carbocycles. The molecular weight excluding hydrogens is 262 g/mol. The van der Waals surface area contributed by atoms with Gasteiger partial charge >= 0.3 is 12.0 Å². The van der Waals surface area contributed by atoms with Gasteiger partial charge in [-0.2, -0.15) is 0 Å². The molecule has 1 saturated carbocycles. The highest BCUT2D eigenvalue weighted by atomic mass is 16.4. The minimum atomic E-state index is -0.997. The molecule has 0 atom stereocenters. The molecule has 1 aromatic rings. The van der Waals surface area contributed by atoms with Crippen LogP contribution in [0.1, 0.15) is 28.8 Å². The Kier molecular flexibility index (Phi) is 3.60. The standard InChI is InChI=1S/C13H15N3O4/c14-12(20)16-13(5-6-13)11(19)15-7-8-1-3-9(4-2-8)10(17)18/h1-4H,5-7H2,(H,15,19)(H,17,18)(H3,14,16,20). The Bertz CT molecular complexity index is 549. The number of carbonyl (C=O) groups excluding carboxylic acids is 2. The van der Waals surface area contributed by atoms with Gasteiger partial charge in [-0.05, 0) is 30.5 Å². The van der Waals surface area contributed by atoms with Crippen LogP contribution in [0.4, 0.5) is 4.79 Å². The third-order valence-electron chi connectivity index (χ3n) is 3.20. The first kappa shape index (κ1) is 13.9. The SMILES string of the molecule is NC(=O)NC1(C(=O)NCc2ccc(C(=O)O)cc2)CC1. The number of hydrogen-bond donors (Lipinski definition) is 4. The predicted octanol–water partition coefficient (Wildman–Crippen LogP) is 0.202. The predicted molar refractivity (Wildman–Crippen MR) is 69.9 cm³/mol. The minimum Gasteiger partial charge on any atom is -0.478 e. The zero-order valence-corrected chi connectivity index (χ0v) is 10.7. The van der Waals surface area contributed by atoms with E-state index in [9.17, 15) is 14.4 Å². The minimum absolute atomic E-state index is 0.189. The molecule has 0 bridgehead atoms. The molecule has 0 radical (unpaired) electrons. The second-order valence-electron chi connectivity index (χ2n) is 4.76. The summed E-state index contributed by atoms with van der Waals surface area (Å²) >= 11 is 0. The average Bonchev–Trinajstić information content (AvgIpc) is 3.16. The normalized spacial score (nSPS) is 15.2. The van der Waals surface area contributed by atoms with Gasteiger partial charge in [0.1, 0.15) is 5.54 Å². The Balaban J connectivity index is 1.90. The quantitative estimate of drug-likeness (QED) is 0.614. The van der Waals surface area contributed by atoms with E-state index >= 15 is 0 Å². The van der Waals surface area contributed by atoms with Crippen molar-refractivity contribution in [3.8, 4) is 0 Å². The van der Waals surface area contributed by atoms with Crippen LogP contribution in [0.3, 0.4) is 0 Å². The number of primary amides is 1. The Morgan fingerprint density at radius 1 is 1.20 bits per heavy atom. The van der Waals surface area contributed by atoms with Crippen LogP contribution < -0.4 is 16.4 Å². The molecule has 20 heavy (non-hydrogen) atoms. The average molecular weight is 277 g/mol. The van der Waals surface area contributed by atoms with Crippen LogP contribution in [0.5, 0.6) is 0 Å². The molecule has 1 fully saturated rings. The number of benzene rings is 1. The van der Waals surface area contributed by atoms with Gasteiger partial charge in [0.25, 0.3) is 0 Å². The summed E-state index contributed by atoms with van der Waals surface area (Å²) in [4.78, 5) is 33.4. The number of carboxylic acids is 1. The van der Waals surface area contributed by atoms with Crippen molar-refractivity contribution in [1.29, 1.82) is 0 Å². The Morgan fingerprint density at radius 3 is 2.25 bits per heavy atom. The molecule has 0 heterocycles. The van der Waals surface area contributed by atoms with Crippen LogP contribution in [-0.4, -0.2) is 28.6 Å². The fourth-order valence-electron chi connectivity index (χ4n) is 1.89. The zero-order valence-electron chi connectivity index (χ0n) is 10.7. The van der Waals surface area contributed by atoms with E-state index < -0.39 is 17.5 Å². The molecule has 7 heteroatoms. The highest BCUT2D eigenvalue weighted by Crippen LogP contribution is 2.35. The molecule has 5 N–H and O–H groups in total. The van der Waals surface area contributed by atoms with Crippen molar-refractivity contribution in [2.24, 2.45) is 5.73 Å². The Morgan fingerprint density at radius 2 is 1.80 bits per heavy atom. The number of nitrogens with two attached hydrogens (primary N) is 1. The molecule has 2 rings (SSSR count). The van der Waals surface area contributed by atoms with E-state index in [1.165, 1.54) is 12.1 Å². The summed E-state index contributed by atoms with van der Waals surface area (Å²) in [5.74, 6) is -1.28. The van der Waals surface area contributed by atoms with Gasteiger partial charge in [0.2, 0.25) is 5.91 Å². The van der Waals surface area contributed by atoms with E-state index in [4.69, 9.17) is 10.8 Å². The molecule has 0 aromatic heterocycles. The largest absolute Gasteiger partial charge is 0.478 e. The molecule has 106 valence electrons. The summed E-state index contributed by atoms with van der Waals surface area (Å²) in [6.45, 7) is 0.265. The Hall–Kier alpha value is -2.57. The number of amides is 3. The Labute approximate surface area is 115 Å². The monoisotopic (exact) mass is 277 g/mol. The smallest absolute Gasteiger partial charge is 0.335 e. The van der Waals surface area contributed by atoms with Crippen molar-refractivity contribution >= 4 is 17.9 Å². The lowest BCUT2D eigenvalue weighted by atomic mass is 10.1. The number of carbonyl (C=O) groups is 3. The van der Waals surface area contributed by atoms with Gasteiger partial charge in [-0.15, -0.1) is 0 Å². The highest BCUT2D eigenvalue weighted by Gasteiger charge is 2.50. The van der Waals surface area contributed by atoms with E-state index in [1.807, 2.05) is 0 Å². The van der Waals surface area contributed by atoms with Crippen molar-refractivity contribution in [2.75, 3.05) is 0 Å². The first-order valence-electron chi connectivity index (χ1n) is 6.11. The van der Waals surface area contributed by atoms with Crippen LogP contribution in [0.25, 0.3) is 0 Å². The maximum Gasteiger partial charge on any atom is 0.335 e. The molecule has 0 spiro atoms. The number of nitrogens with one attached hydrogen (secondary N) is 2. The van der Waals surface area contributed by atoms with Gasteiger partial charge in [-0.25, -0.2) is 9.59 Å². The number of hydrogen-bond acceptors (Lipinski definition) is 3. The van der Waals surface area contributed by atoms with Crippen molar-refractivity contribution in [1.82, 2.24) is 10.6 Å². The lowest BCUT2D eigenvalue weighted by molar-refractivity contribution is -0.124. The zero-order chi connectivity index (χ0) is 14.8. The summed E-state index contributed by atoms with van der Waals surface area (Å²) in [6.07, 6.45) is 1.14. The fraction of sp³-hybridized carbons (Fsp3) is 0.308. The van der Waals surface area contributed by atoms with Crippen LogP contribution in [0, 0.1) is 0 Å². The van der Waals surface area contributed by atoms with Crippen molar-refractivity contribution in [2.45, 2.75) is 24.9 Å². The van der Waals surface area contributed by atoms with Crippen LogP contribution in [-0.2, 0) is 11.3 Å². The van der Waals surface area contributed by atoms with Gasteiger partial charge in [0.15, 0.2) is 0 Å². The lowest BCUT2D eigenvalue weighted by Crippen LogP contribution is -2.50. The summed E-state index contributed by atoms with van der Waals surface area (Å²) in [5.41, 5.74) is 5.12. The molecule has 7 nitrogen and oxygen atoms in total. The molecule has 1 aliphatic rings. The number of urea groups is 1. The third-order valence-corrected chi connectivity index (χ3v) is 3.20. The van der Waals surface area contributed by atoms with Crippen molar-refractivity contribution in [3.63, 3.8) is 0 Å². The maximum atomic E-state index is 11.9. The summed E-state index contributed by atoms with van der Waals surface area (Å²) in [6, 6.07) is 5.48. The van der Waals surface area contributed by atoms with Crippen LogP contribution in [0.2, 0.25) is 0 Å². The van der Waals surface area contributed by atoms with Crippen LogP contribution >= 0.6 is 0 Å². The number of aromatic carboxylic acids is 1. The van der Waals surface area contributed by atoms with E-state index in [0.29, 0.717) is 12.8 Å². The fourth-order valence-corrected chi connectivity index (χ4v) is 1.89. The molecule has 0 saturated heterocycles. The van der Waals surface area contributed by atoms with Gasteiger partial charge in [0.05, 0.1) is 5.56 Å². The summed E-state index contributed by atoms with van der Waals surface area (Å²) < 4.78 is 0.